The smallest absolute Gasteiger partial charge is 0.321 e. The molecule has 0 aromatic carbocycles. The quantitative estimate of drug-likeness (QED) is 0.479. The highest BCUT2D eigenvalue weighted by Crippen LogP contribution is 2.39. The molecule has 1 heterocycles. The normalized spacial score (nSPS) is 13.0. The molecule has 0 amide bonds. The Morgan fingerprint density at radius 3 is 2.69 bits per heavy atom. The fraction of sp³-hybridized carbons (Fsp3) is 0.286. The van der Waals surface area contributed by atoms with Crippen LogP contribution in [0.4, 0.5) is 0 Å². The Kier molecular flexibility index (Phi) is 3.38. The van der Waals surface area contributed by atoms with Gasteiger partial charge in [-0.15, -0.1) is 0 Å². The first kappa shape index (κ1) is 11.0. The lowest BCUT2D eigenvalue weighted by molar-refractivity contribution is 0.391. The lowest BCUT2D eigenvalue weighted by Crippen LogP contribution is -1.99. The van der Waals surface area contributed by atoms with Crippen LogP contribution in [0.3, 0.4) is 0 Å². The number of hydrogen-bond donors (Lipinski definition) is 2. The van der Waals surface area contributed by atoms with Gasteiger partial charge in [-0.1, -0.05) is 12.2 Å². The van der Waals surface area contributed by atoms with E-state index in [4.69, 9.17) is 9.79 Å². The van der Waals surface area contributed by atoms with Crippen molar-refractivity contribution in [3.05, 3.63) is 22.4 Å². The van der Waals surface area contributed by atoms with Crippen molar-refractivity contribution in [3.63, 3.8) is 0 Å². The van der Waals surface area contributed by atoms with Gasteiger partial charge in [0, 0.05) is 0 Å². The maximum Gasteiger partial charge on any atom is 0.363 e. The van der Waals surface area contributed by atoms with Gasteiger partial charge in [0.2, 0.25) is 0 Å². The van der Waals surface area contributed by atoms with Gasteiger partial charge in [0.15, 0.2) is 4.88 Å². The van der Waals surface area contributed by atoms with E-state index in [1.54, 1.807) is 0 Å². The van der Waals surface area contributed by atoms with Gasteiger partial charge in [-0.3, -0.25) is 4.57 Å². The zero-order valence-electron chi connectivity index (χ0n) is 7.01. The number of hydrogen-bond acceptors (Lipinski definition) is 2. The molecule has 0 saturated heterocycles. The third-order valence-electron chi connectivity index (χ3n) is 1.63. The van der Waals surface area contributed by atoms with Crippen molar-refractivity contribution in [1.29, 1.82) is 0 Å². The lowest BCUT2D eigenvalue weighted by Gasteiger charge is -2.01. The van der Waals surface area contributed by atoms with Gasteiger partial charge in [-0.05, 0) is 22.6 Å². The van der Waals surface area contributed by atoms with E-state index < -0.39 is 7.60 Å². The van der Waals surface area contributed by atoms with E-state index in [-0.39, 0.29) is 21.5 Å². The van der Waals surface area contributed by atoms with E-state index in [0.29, 0.717) is 0 Å². The van der Waals surface area contributed by atoms with Crippen molar-refractivity contribution in [2.75, 3.05) is 0 Å². The van der Waals surface area contributed by atoms with Gasteiger partial charge in [0.05, 0.1) is 6.42 Å². The van der Waals surface area contributed by atoms with Crippen LogP contribution in [0, 0.1) is 0 Å². The number of aryl methyl sites for hydroxylation is 1. The Morgan fingerprint density at radius 2 is 2.31 bits per heavy atom. The van der Waals surface area contributed by atoms with Gasteiger partial charge in [0.25, 0.3) is 0 Å². The van der Waals surface area contributed by atoms with Crippen molar-refractivity contribution >= 4 is 34.9 Å². The first-order valence-corrected chi connectivity index (χ1v) is 7.24. The van der Waals surface area contributed by atoms with Crippen molar-refractivity contribution < 1.29 is 14.4 Å². The molecule has 0 aliphatic heterocycles. The zero-order valence-corrected chi connectivity index (χ0v) is 9.53. The van der Waals surface area contributed by atoms with Crippen LogP contribution in [0.5, 0.6) is 0 Å². The van der Waals surface area contributed by atoms with Crippen LogP contribution >= 0.6 is 30.3 Å². The standard InChI is InChI=1S/C7H9O3PS2/c1-13-4-2-3-6(13)5-7(12)11(8,9)10/h2-4H,5H2,1H3,(H-,8,9,10)/p+1. The Labute approximate surface area is 84.5 Å². The molecule has 3 nitrogen and oxygen atoms in total. The molecule has 1 rings (SSSR count). The summed E-state index contributed by atoms with van der Waals surface area (Å²) in [5.74, 6) is 0. The average molecular weight is 237 g/mol. The second-order valence-corrected chi connectivity index (χ2v) is 6.97. The van der Waals surface area contributed by atoms with E-state index in [9.17, 15) is 4.57 Å². The molecule has 0 radical (unpaired) electrons. The van der Waals surface area contributed by atoms with Crippen LogP contribution in [-0.2, 0) is 17.2 Å². The maximum absolute atomic E-state index is 10.7. The summed E-state index contributed by atoms with van der Waals surface area (Å²) in [6, 6.07) is 3.76. The Hall–Kier alpha value is -0.0600. The van der Waals surface area contributed by atoms with Crippen molar-refractivity contribution in [1.82, 2.24) is 0 Å². The van der Waals surface area contributed by atoms with Gasteiger partial charge < -0.3 is 9.79 Å². The minimum absolute atomic E-state index is 0.0163. The van der Waals surface area contributed by atoms with Gasteiger partial charge in [0.1, 0.15) is 16.2 Å². The third kappa shape index (κ3) is 2.97. The lowest BCUT2D eigenvalue weighted by atomic mass is 10.4. The highest BCUT2D eigenvalue weighted by Gasteiger charge is 2.24. The fourth-order valence-electron chi connectivity index (χ4n) is 0.884. The Morgan fingerprint density at radius 1 is 1.69 bits per heavy atom. The molecule has 72 valence electrons. The highest BCUT2D eigenvalue weighted by atomic mass is 32.2. The summed E-state index contributed by atoms with van der Waals surface area (Å²) >= 11 is 4.65. The molecule has 1 atom stereocenters. The van der Waals surface area contributed by atoms with E-state index in [1.807, 2.05) is 23.8 Å². The molecule has 0 saturated carbocycles. The van der Waals surface area contributed by atoms with Crippen molar-refractivity contribution in [2.24, 2.45) is 6.26 Å². The molecular formula is C7H10O3PS2+. The molecule has 0 bridgehead atoms. The molecule has 1 unspecified atom stereocenters. The number of thiocarbonyl (C=S) groups is 1. The molecule has 13 heavy (non-hydrogen) atoms. The molecule has 1 aromatic rings. The van der Waals surface area contributed by atoms with Crippen LogP contribution in [-0.4, -0.2) is 14.4 Å². The van der Waals surface area contributed by atoms with E-state index in [1.165, 1.54) is 0 Å². The molecule has 6 heteroatoms. The molecule has 0 aliphatic carbocycles. The SMILES string of the molecule is C[s+]1cccc1CC(=S)P(=O)(O)O. The van der Waals surface area contributed by atoms with Crippen molar-refractivity contribution in [3.8, 4) is 0 Å². The largest absolute Gasteiger partial charge is 0.363 e. The summed E-state index contributed by atoms with van der Waals surface area (Å²) in [5, 5.41) is 2.00. The van der Waals surface area contributed by atoms with Crippen molar-refractivity contribution in [2.45, 2.75) is 6.42 Å². The Balaban J connectivity index is 2.77. The molecule has 2 N–H and O–H groups in total. The summed E-state index contributed by atoms with van der Waals surface area (Å²) in [7, 11) is -4.18. The van der Waals surface area contributed by atoms with Crippen LogP contribution in [0.25, 0.3) is 0 Å². The van der Waals surface area contributed by atoms with Crippen LogP contribution in [0.15, 0.2) is 17.5 Å². The summed E-state index contributed by atoms with van der Waals surface area (Å²) < 4.78 is 10.6. The highest BCUT2D eigenvalue weighted by molar-refractivity contribution is 7.97. The third-order valence-corrected chi connectivity index (χ3v) is 4.97. The number of rotatable bonds is 3. The minimum Gasteiger partial charge on any atom is -0.321 e. The Bertz CT molecular complexity index is 366. The zero-order chi connectivity index (χ0) is 10.1. The van der Waals surface area contributed by atoms with Crippen LogP contribution < -0.4 is 0 Å². The molecule has 0 spiro atoms. The summed E-state index contributed by atoms with van der Waals surface area (Å²) in [6.45, 7) is 0. The first-order valence-electron chi connectivity index (χ1n) is 3.52. The van der Waals surface area contributed by atoms with E-state index >= 15 is 0 Å². The second-order valence-electron chi connectivity index (χ2n) is 2.63. The minimum atomic E-state index is -4.17. The number of thiophene rings is 1. The van der Waals surface area contributed by atoms with Crippen LogP contribution in [0.1, 0.15) is 4.88 Å². The average Bonchev–Trinajstić information content (AvgIpc) is 2.34. The van der Waals surface area contributed by atoms with E-state index in [0.717, 1.165) is 4.88 Å². The second kappa shape index (κ2) is 3.98. The van der Waals surface area contributed by atoms with Gasteiger partial charge in [-0.2, -0.15) is 0 Å². The predicted molar refractivity (Wildman–Crippen MR) is 58.2 cm³/mol. The monoisotopic (exact) mass is 237 g/mol. The van der Waals surface area contributed by atoms with Gasteiger partial charge in [-0.25, -0.2) is 0 Å². The van der Waals surface area contributed by atoms with Crippen LogP contribution in [0.2, 0.25) is 0 Å². The topological polar surface area (TPSA) is 57.5 Å². The fourth-order valence-corrected chi connectivity index (χ4v) is 2.77. The molecule has 0 fully saturated rings. The summed E-state index contributed by atoms with van der Waals surface area (Å²) in [4.78, 5) is 18.5. The van der Waals surface area contributed by atoms with Gasteiger partial charge >= 0.3 is 7.60 Å². The summed E-state index contributed by atoms with van der Waals surface area (Å²) in [6.07, 6.45) is 2.23. The molecular weight excluding hydrogens is 227 g/mol. The summed E-state index contributed by atoms with van der Waals surface area (Å²) in [5.41, 5.74) is 0. The maximum atomic E-state index is 10.7. The predicted octanol–water partition coefficient (Wildman–Crippen LogP) is 2.02. The van der Waals surface area contributed by atoms with E-state index in [2.05, 4.69) is 12.2 Å². The molecule has 0 aliphatic rings. The first-order chi connectivity index (χ1) is 5.91. The molecule has 1 aromatic heterocycles.